The minimum absolute atomic E-state index is 0.00130. The van der Waals surface area contributed by atoms with E-state index in [0.29, 0.717) is 0 Å². The van der Waals surface area contributed by atoms with Crippen LogP contribution in [0.5, 0.6) is 5.75 Å². The van der Waals surface area contributed by atoms with Gasteiger partial charge in [-0.1, -0.05) is 0 Å². The van der Waals surface area contributed by atoms with Gasteiger partial charge >= 0.3 is 5.97 Å². The van der Waals surface area contributed by atoms with Gasteiger partial charge in [0.1, 0.15) is 18.2 Å². The minimum Gasteiger partial charge on any atom is -0.493 e. The number of rotatable bonds is 4. The summed E-state index contributed by atoms with van der Waals surface area (Å²) in [6, 6.07) is 3.99. The molecule has 0 fully saturated rings. The molecule has 3 N–H and O–H groups in total. The van der Waals surface area contributed by atoms with E-state index >= 15 is 0 Å². The van der Waals surface area contributed by atoms with Crippen molar-refractivity contribution in [3.05, 3.63) is 24.0 Å². The lowest BCUT2D eigenvalue weighted by Gasteiger charge is -2.09. The van der Waals surface area contributed by atoms with Crippen LogP contribution in [0.1, 0.15) is 6.92 Å². The molecular weight excluding hydrogens is 201 g/mol. The van der Waals surface area contributed by atoms with E-state index in [4.69, 9.17) is 15.6 Å². The number of nitrogens with two attached hydrogens (primary N) is 1. The van der Waals surface area contributed by atoms with Crippen molar-refractivity contribution in [1.82, 2.24) is 0 Å². The zero-order valence-corrected chi connectivity index (χ0v) is 8.24. The van der Waals surface area contributed by atoms with Gasteiger partial charge in [-0.15, -0.1) is 0 Å². The number of carboxylic acids is 1. The standard InChI is InChI=1S/C10H12FNO3/c1-6(10(13)14)5-15-7-2-3-9(12)8(11)4-7/h2-4,6H,5,12H2,1H3,(H,13,14). The van der Waals surface area contributed by atoms with Gasteiger partial charge in [0, 0.05) is 6.07 Å². The maximum absolute atomic E-state index is 12.9. The van der Waals surface area contributed by atoms with E-state index in [1.54, 1.807) is 0 Å². The second-order valence-corrected chi connectivity index (χ2v) is 3.23. The summed E-state index contributed by atoms with van der Waals surface area (Å²) in [5, 5.41) is 8.58. The molecule has 1 unspecified atom stereocenters. The Bertz CT molecular complexity index is 368. The molecule has 1 atom stereocenters. The first-order valence-electron chi connectivity index (χ1n) is 4.41. The van der Waals surface area contributed by atoms with Crippen LogP contribution >= 0.6 is 0 Å². The Kier molecular flexibility index (Phi) is 3.49. The fourth-order valence-electron chi connectivity index (χ4n) is 0.890. The third-order valence-corrected chi connectivity index (χ3v) is 1.89. The summed E-state index contributed by atoms with van der Waals surface area (Å²) in [5.41, 5.74) is 5.30. The first-order valence-corrected chi connectivity index (χ1v) is 4.41. The van der Waals surface area contributed by atoms with Crippen LogP contribution in [0.4, 0.5) is 10.1 Å². The van der Waals surface area contributed by atoms with E-state index in [1.807, 2.05) is 0 Å². The van der Waals surface area contributed by atoms with Crippen molar-refractivity contribution < 1.29 is 19.0 Å². The predicted octanol–water partition coefficient (Wildman–Crippen LogP) is 1.51. The van der Waals surface area contributed by atoms with Gasteiger partial charge in [-0.3, -0.25) is 4.79 Å². The Morgan fingerprint density at radius 3 is 2.87 bits per heavy atom. The molecule has 0 amide bonds. The molecule has 15 heavy (non-hydrogen) atoms. The van der Waals surface area contributed by atoms with Gasteiger partial charge in [0.2, 0.25) is 0 Å². The molecule has 1 rings (SSSR count). The number of carbonyl (C=O) groups is 1. The maximum atomic E-state index is 12.9. The van der Waals surface area contributed by atoms with E-state index in [0.717, 1.165) is 6.07 Å². The van der Waals surface area contributed by atoms with Gasteiger partial charge in [0.15, 0.2) is 0 Å². The highest BCUT2D eigenvalue weighted by Crippen LogP contribution is 2.18. The van der Waals surface area contributed by atoms with E-state index in [1.165, 1.54) is 19.1 Å². The molecule has 0 aliphatic rings. The molecule has 1 aromatic rings. The monoisotopic (exact) mass is 213 g/mol. The number of benzene rings is 1. The number of ether oxygens (including phenoxy) is 1. The lowest BCUT2D eigenvalue weighted by Crippen LogP contribution is -2.17. The Hall–Kier alpha value is -1.78. The number of hydrogen-bond acceptors (Lipinski definition) is 3. The van der Waals surface area contributed by atoms with Gasteiger partial charge < -0.3 is 15.6 Å². The fraction of sp³-hybridized carbons (Fsp3) is 0.300. The SMILES string of the molecule is CC(COc1ccc(N)c(F)c1)C(=O)O. The summed E-state index contributed by atoms with van der Waals surface area (Å²) in [5.74, 6) is -1.89. The summed E-state index contributed by atoms with van der Waals surface area (Å²) in [6.07, 6.45) is 0. The van der Waals surface area contributed by atoms with E-state index in [2.05, 4.69) is 0 Å². The lowest BCUT2D eigenvalue weighted by molar-refractivity contribution is -0.142. The minimum atomic E-state index is -0.953. The summed E-state index contributed by atoms with van der Waals surface area (Å²) >= 11 is 0. The van der Waals surface area contributed by atoms with Crippen molar-refractivity contribution in [3.63, 3.8) is 0 Å². The molecule has 0 bridgehead atoms. The molecule has 5 heteroatoms. The smallest absolute Gasteiger partial charge is 0.309 e. The second kappa shape index (κ2) is 4.63. The predicted molar refractivity (Wildman–Crippen MR) is 53.1 cm³/mol. The molecule has 0 spiro atoms. The number of hydrogen-bond donors (Lipinski definition) is 2. The quantitative estimate of drug-likeness (QED) is 0.743. The lowest BCUT2D eigenvalue weighted by atomic mass is 10.2. The molecule has 0 heterocycles. The van der Waals surface area contributed by atoms with Crippen LogP contribution in [0.3, 0.4) is 0 Å². The van der Waals surface area contributed by atoms with Crippen LogP contribution in [0.2, 0.25) is 0 Å². The highest BCUT2D eigenvalue weighted by Gasteiger charge is 2.11. The largest absolute Gasteiger partial charge is 0.493 e. The average Bonchev–Trinajstić information content (AvgIpc) is 2.19. The fourth-order valence-corrected chi connectivity index (χ4v) is 0.890. The van der Waals surface area contributed by atoms with Gasteiger partial charge in [-0.2, -0.15) is 0 Å². The van der Waals surface area contributed by atoms with E-state index in [-0.39, 0.29) is 18.0 Å². The van der Waals surface area contributed by atoms with Gasteiger partial charge in [-0.25, -0.2) is 4.39 Å². The van der Waals surface area contributed by atoms with Crippen LogP contribution in [0.15, 0.2) is 18.2 Å². The third kappa shape index (κ3) is 3.12. The van der Waals surface area contributed by atoms with E-state index < -0.39 is 17.7 Å². The number of nitrogen functional groups attached to an aromatic ring is 1. The highest BCUT2D eigenvalue weighted by molar-refractivity contribution is 5.69. The molecule has 0 saturated heterocycles. The number of anilines is 1. The van der Waals surface area contributed by atoms with Crippen LogP contribution in [0, 0.1) is 11.7 Å². The zero-order valence-electron chi connectivity index (χ0n) is 8.24. The Morgan fingerprint density at radius 2 is 2.33 bits per heavy atom. The van der Waals surface area contributed by atoms with Crippen LogP contribution in [-0.2, 0) is 4.79 Å². The maximum Gasteiger partial charge on any atom is 0.309 e. The Balaban J connectivity index is 2.58. The molecule has 0 aliphatic carbocycles. The molecule has 4 nitrogen and oxygen atoms in total. The topological polar surface area (TPSA) is 72.5 Å². The summed E-state index contributed by atoms with van der Waals surface area (Å²) in [7, 11) is 0. The first-order chi connectivity index (χ1) is 7.00. The second-order valence-electron chi connectivity index (χ2n) is 3.23. The molecule has 0 saturated carbocycles. The summed E-state index contributed by atoms with van der Waals surface area (Å²) < 4.78 is 18.0. The molecule has 0 aliphatic heterocycles. The van der Waals surface area contributed by atoms with Crippen molar-refractivity contribution >= 4 is 11.7 Å². The van der Waals surface area contributed by atoms with Crippen LogP contribution < -0.4 is 10.5 Å². The van der Waals surface area contributed by atoms with Gasteiger partial charge in [-0.05, 0) is 19.1 Å². The normalized spacial score (nSPS) is 12.1. The van der Waals surface area contributed by atoms with Crippen molar-refractivity contribution in [2.45, 2.75) is 6.92 Å². The first kappa shape index (κ1) is 11.3. The molecule has 1 aromatic carbocycles. The van der Waals surface area contributed by atoms with Crippen molar-refractivity contribution in [2.75, 3.05) is 12.3 Å². The van der Waals surface area contributed by atoms with Gasteiger partial charge in [0.25, 0.3) is 0 Å². The van der Waals surface area contributed by atoms with Crippen molar-refractivity contribution in [2.24, 2.45) is 5.92 Å². The highest BCUT2D eigenvalue weighted by atomic mass is 19.1. The Labute approximate surface area is 86.5 Å². The van der Waals surface area contributed by atoms with Crippen LogP contribution in [0.25, 0.3) is 0 Å². The Morgan fingerprint density at radius 1 is 1.67 bits per heavy atom. The molecular formula is C10H12FNO3. The van der Waals surface area contributed by atoms with Crippen molar-refractivity contribution in [3.8, 4) is 5.75 Å². The van der Waals surface area contributed by atoms with Crippen LogP contribution in [-0.4, -0.2) is 17.7 Å². The van der Waals surface area contributed by atoms with E-state index in [9.17, 15) is 9.18 Å². The number of aliphatic carboxylic acids is 1. The number of carboxylic acid groups (broad SMARTS) is 1. The molecule has 0 radical (unpaired) electrons. The number of halogens is 1. The summed E-state index contributed by atoms with van der Waals surface area (Å²) in [6.45, 7) is 1.51. The molecule has 0 aromatic heterocycles. The van der Waals surface area contributed by atoms with Crippen molar-refractivity contribution in [1.29, 1.82) is 0 Å². The third-order valence-electron chi connectivity index (χ3n) is 1.89. The average molecular weight is 213 g/mol. The van der Waals surface area contributed by atoms with Gasteiger partial charge in [0.05, 0.1) is 11.6 Å². The summed E-state index contributed by atoms with van der Waals surface area (Å²) in [4.78, 5) is 10.5. The molecule has 82 valence electrons. The zero-order chi connectivity index (χ0) is 11.4.